The first-order valence-electron chi connectivity index (χ1n) is 10.9. The third-order valence-electron chi connectivity index (χ3n) is 5.90. The van der Waals surface area contributed by atoms with E-state index in [9.17, 15) is 4.79 Å². The monoisotopic (exact) mass is 430 g/mol. The van der Waals surface area contributed by atoms with E-state index in [-0.39, 0.29) is 5.91 Å². The van der Waals surface area contributed by atoms with Crippen LogP contribution in [0.5, 0.6) is 5.88 Å². The molecule has 5 rings (SSSR count). The number of fused-ring (bicyclic) bond motifs is 7. The van der Waals surface area contributed by atoms with Gasteiger partial charge in [-0.15, -0.1) is 0 Å². The molecule has 1 N–H and O–H groups in total. The minimum atomic E-state index is -0.320. The summed E-state index contributed by atoms with van der Waals surface area (Å²) in [5.41, 5.74) is 5.06. The van der Waals surface area contributed by atoms with Crippen LogP contribution in [0.15, 0.2) is 47.7 Å². The second-order valence-corrected chi connectivity index (χ2v) is 8.51. The number of guanidine groups is 1. The van der Waals surface area contributed by atoms with Gasteiger partial charge in [-0.1, -0.05) is 13.0 Å². The number of nitrogens with zero attached hydrogens (tertiary/aromatic N) is 5. The molecule has 2 bridgehead atoms. The van der Waals surface area contributed by atoms with Crippen LogP contribution in [-0.4, -0.2) is 39.8 Å². The predicted octanol–water partition coefficient (Wildman–Crippen LogP) is 4.03. The van der Waals surface area contributed by atoms with Crippen molar-refractivity contribution in [3.05, 3.63) is 53.9 Å². The van der Waals surface area contributed by atoms with E-state index in [1.165, 1.54) is 5.56 Å². The number of carbonyl (C=O) groups is 1. The average Bonchev–Trinajstić information content (AvgIpc) is 3.31. The van der Waals surface area contributed by atoms with Gasteiger partial charge in [0.1, 0.15) is 0 Å². The van der Waals surface area contributed by atoms with Crippen LogP contribution in [0.2, 0.25) is 0 Å². The summed E-state index contributed by atoms with van der Waals surface area (Å²) in [6.45, 7) is 5.63. The third-order valence-corrected chi connectivity index (χ3v) is 5.90. The second kappa shape index (κ2) is 8.11. The zero-order valence-corrected chi connectivity index (χ0v) is 18.5. The van der Waals surface area contributed by atoms with E-state index in [0.717, 1.165) is 36.3 Å². The lowest BCUT2D eigenvalue weighted by atomic mass is 10.0. The molecule has 0 radical (unpaired) electrons. The number of nitrogens with one attached hydrogen (secondary N) is 1. The molecule has 8 heteroatoms. The van der Waals surface area contributed by atoms with Crippen LogP contribution >= 0.6 is 0 Å². The molecule has 3 aromatic rings. The molecule has 0 saturated heterocycles. The molecular weight excluding hydrogens is 404 g/mol. The molecule has 4 heterocycles. The minimum absolute atomic E-state index is 0.320. The van der Waals surface area contributed by atoms with Crippen LogP contribution in [0.4, 0.5) is 11.4 Å². The maximum atomic E-state index is 13.1. The number of ether oxygens (including phenoxy) is 1. The Balaban J connectivity index is 1.58. The zero-order chi connectivity index (χ0) is 22.2. The molecule has 164 valence electrons. The van der Waals surface area contributed by atoms with Crippen LogP contribution in [0, 0.1) is 12.8 Å². The number of aromatic nitrogens is 3. The molecule has 0 aliphatic carbocycles. The van der Waals surface area contributed by atoms with Crippen molar-refractivity contribution in [2.45, 2.75) is 26.7 Å². The Morgan fingerprint density at radius 1 is 1.22 bits per heavy atom. The highest BCUT2D eigenvalue weighted by atomic mass is 16.5. The van der Waals surface area contributed by atoms with E-state index in [0.29, 0.717) is 35.6 Å². The van der Waals surface area contributed by atoms with Crippen molar-refractivity contribution in [1.29, 1.82) is 0 Å². The number of hydrogen-bond donors (Lipinski definition) is 1. The van der Waals surface area contributed by atoms with Gasteiger partial charge >= 0.3 is 0 Å². The van der Waals surface area contributed by atoms with E-state index in [1.807, 2.05) is 13.1 Å². The van der Waals surface area contributed by atoms with Crippen molar-refractivity contribution < 1.29 is 9.53 Å². The number of amides is 1. The number of benzene rings is 1. The second-order valence-electron chi connectivity index (χ2n) is 8.51. The number of hydrogen-bond acceptors (Lipinski definition) is 6. The molecule has 0 saturated carbocycles. The van der Waals surface area contributed by atoms with Crippen LogP contribution in [0.25, 0.3) is 11.3 Å². The van der Waals surface area contributed by atoms with Crippen molar-refractivity contribution in [1.82, 2.24) is 14.8 Å². The number of pyridine rings is 1. The van der Waals surface area contributed by atoms with Gasteiger partial charge in [-0.3, -0.25) is 9.78 Å². The summed E-state index contributed by atoms with van der Waals surface area (Å²) in [7, 11) is 1.84. The number of aryl methyl sites for hydroxylation is 2. The van der Waals surface area contributed by atoms with Crippen molar-refractivity contribution >= 4 is 23.2 Å². The van der Waals surface area contributed by atoms with Gasteiger partial charge in [0.15, 0.2) is 0 Å². The highest BCUT2D eigenvalue weighted by Crippen LogP contribution is 2.35. The fraction of sp³-hybridized carbons (Fsp3) is 0.333. The molecule has 0 unspecified atom stereocenters. The Kier molecular flexibility index (Phi) is 5.13. The quantitative estimate of drug-likeness (QED) is 0.580. The molecule has 0 spiro atoms. The smallest absolute Gasteiger partial charge is 0.280 e. The average molecular weight is 431 g/mol. The zero-order valence-electron chi connectivity index (χ0n) is 18.5. The van der Waals surface area contributed by atoms with E-state index < -0.39 is 0 Å². The van der Waals surface area contributed by atoms with Gasteiger partial charge in [-0.2, -0.15) is 10.1 Å². The Labute approximate surface area is 186 Å². The summed E-state index contributed by atoms with van der Waals surface area (Å²) in [5, 5.41) is 7.66. The van der Waals surface area contributed by atoms with Gasteiger partial charge in [0.05, 0.1) is 35.4 Å². The van der Waals surface area contributed by atoms with Crippen LogP contribution < -0.4 is 15.0 Å². The van der Waals surface area contributed by atoms with Gasteiger partial charge in [0.2, 0.25) is 11.8 Å². The Morgan fingerprint density at radius 3 is 2.97 bits per heavy atom. The summed E-state index contributed by atoms with van der Waals surface area (Å²) in [4.78, 5) is 24.2. The largest absolute Gasteiger partial charge is 0.477 e. The highest BCUT2D eigenvalue weighted by Gasteiger charge is 2.28. The normalized spacial score (nSPS) is 20.0. The first-order valence-corrected chi connectivity index (χ1v) is 10.9. The predicted molar refractivity (Wildman–Crippen MR) is 124 cm³/mol. The molecule has 8 nitrogen and oxygen atoms in total. The summed E-state index contributed by atoms with van der Waals surface area (Å²) < 4.78 is 7.79. The van der Waals surface area contributed by atoms with Crippen molar-refractivity contribution in [3.8, 4) is 17.1 Å². The van der Waals surface area contributed by atoms with E-state index in [1.54, 1.807) is 29.2 Å². The molecule has 2 aliphatic rings. The number of anilines is 2. The highest BCUT2D eigenvalue weighted by molar-refractivity contribution is 6.19. The van der Waals surface area contributed by atoms with Crippen LogP contribution in [0.1, 0.15) is 35.7 Å². The van der Waals surface area contributed by atoms with Crippen molar-refractivity contribution in [2.24, 2.45) is 18.0 Å². The lowest BCUT2D eigenvalue weighted by Gasteiger charge is -2.23. The lowest BCUT2D eigenvalue weighted by molar-refractivity contribution is 0.100. The molecule has 1 aromatic carbocycles. The first-order chi connectivity index (χ1) is 15.5. The Morgan fingerprint density at radius 2 is 2.09 bits per heavy atom. The van der Waals surface area contributed by atoms with Crippen LogP contribution in [0.3, 0.4) is 0 Å². The minimum Gasteiger partial charge on any atom is -0.477 e. The van der Waals surface area contributed by atoms with E-state index >= 15 is 0 Å². The van der Waals surface area contributed by atoms with Gasteiger partial charge in [0, 0.05) is 25.4 Å². The lowest BCUT2D eigenvalue weighted by Crippen LogP contribution is -2.35. The number of rotatable bonds is 0. The van der Waals surface area contributed by atoms with Crippen molar-refractivity contribution in [3.63, 3.8) is 0 Å². The van der Waals surface area contributed by atoms with Gasteiger partial charge < -0.3 is 15.0 Å². The fourth-order valence-corrected chi connectivity index (χ4v) is 4.19. The molecule has 1 atom stereocenters. The van der Waals surface area contributed by atoms with Crippen LogP contribution in [-0.2, 0) is 7.05 Å². The first kappa shape index (κ1) is 20.2. The summed E-state index contributed by atoms with van der Waals surface area (Å²) in [6, 6.07) is 9.66. The van der Waals surface area contributed by atoms with Gasteiger partial charge in [0.25, 0.3) is 5.91 Å². The van der Waals surface area contributed by atoms with Crippen molar-refractivity contribution in [2.75, 3.05) is 23.4 Å². The van der Waals surface area contributed by atoms with Gasteiger partial charge in [-0.25, -0.2) is 4.68 Å². The summed E-state index contributed by atoms with van der Waals surface area (Å²) in [5.74, 6) is 1.28. The fourth-order valence-electron chi connectivity index (χ4n) is 4.19. The molecular formula is C24H26N6O2. The molecule has 2 aliphatic heterocycles. The maximum Gasteiger partial charge on any atom is 0.280 e. The Bertz CT molecular complexity index is 1210. The maximum absolute atomic E-state index is 13.1. The van der Waals surface area contributed by atoms with E-state index in [2.05, 4.69) is 51.3 Å². The standard InChI is InChI=1S/C24H26N6O2/c1-15-6-7-19-21(11-15)30-14-16(2)5-4-10-32-23-18(13-26-29(23)3)20-12-17(8-9-25-20)22(31)28-24(30)27-19/h6-9,11-13,16H,4-5,10,14H2,1-3H3,(H,27,28,31)/t16-/m1/s1. The SMILES string of the molecule is Cc1ccc2c(c1)N1C[C@H](C)CCCOc3c(cnn3C)-c3cc(ccn3)C(=O)/N=C/1N2. The molecule has 32 heavy (non-hydrogen) atoms. The molecule has 0 fully saturated rings. The number of carbonyl (C=O) groups excluding carboxylic acids is 1. The Hall–Kier alpha value is -3.68. The summed E-state index contributed by atoms with van der Waals surface area (Å²) in [6.07, 6.45) is 5.24. The number of aliphatic imine (C=N–C) groups is 1. The third kappa shape index (κ3) is 3.72. The summed E-state index contributed by atoms with van der Waals surface area (Å²) >= 11 is 0. The molecule has 1 amide bonds. The molecule has 2 aromatic heterocycles. The van der Waals surface area contributed by atoms with Gasteiger partial charge in [-0.05, 0) is 55.5 Å². The van der Waals surface area contributed by atoms with E-state index in [4.69, 9.17) is 4.74 Å². The topological polar surface area (TPSA) is 84.6 Å².